The van der Waals surface area contributed by atoms with Crippen LogP contribution < -0.4 is 5.48 Å². The highest BCUT2D eigenvalue weighted by Gasteiger charge is 2.30. The summed E-state index contributed by atoms with van der Waals surface area (Å²) in [6.45, 7) is -0.133. The molecule has 100 valence electrons. The number of hydrogen-bond donors (Lipinski definition) is 1. The molecule has 0 radical (unpaired) electrons. The summed E-state index contributed by atoms with van der Waals surface area (Å²) >= 11 is 0. The first-order chi connectivity index (χ1) is 9.16. The zero-order valence-corrected chi connectivity index (χ0v) is 10.2. The Balaban J connectivity index is 1.73. The Morgan fingerprint density at radius 3 is 2.74 bits per heavy atom. The number of pyridine rings is 1. The largest absolute Gasteiger partial charge is 0.274 e. The van der Waals surface area contributed by atoms with Crippen LogP contribution in [-0.2, 0) is 25.8 Å². The molecule has 1 N–H and O–H groups in total. The van der Waals surface area contributed by atoms with Crippen LogP contribution in [-0.4, -0.2) is 34.2 Å². The van der Waals surface area contributed by atoms with Crippen LogP contribution in [0, 0.1) is 0 Å². The minimum Gasteiger partial charge on any atom is -0.274 e. The molecule has 2 heterocycles. The van der Waals surface area contributed by atoms with Crippen LogP contribution in [0.4, 0.5) is 0 Å². The summed E-state index contributed by atoms with van der Waals surface area (Å²) in [5.41, 5.74) is 2.99. The number of rotatable bonds is 5. The first-order valence-electron chi connectivity index (χ1n) is 5.79. The molecule has 3 amide bonds. The fraction of sp³-hybridized carbons (Fsp3) is 0.333. The molecule has 0 unspecified atom stereocenters. The zero-order valence-electron chi connectivity index (χ0n) is 10.2. The Morgan fingerprint density at radius 2 is 2.11 bits per heavy atom. The summed E-state index contributed by atoms with van der Waals surface area (Å²) in [7, 11) is 0. The SMILES string of the molecule is O=C(CN1C(=O)CCC1=O)NOCc1cccnc1. The van der Waals surface area contributed by atoms with E-state index in [2.05, 4.69) is 10.5 Å². The van der Waals surface area contributed by atoms with Crippen molar-refractivity contribution in [1.29, 1.82) is 0 Å². The maximum absolute atomic E-state index is 11.5. The molecule has 0 bridgehead atoms. The molecule has 1 aromatic rings. The van der Waals surface area contributed by atoms with Gasteiger partial charge in [0.2, 0.25) is 11.8 Å². The molecule has 0 spiro atoms. The fourth-order valence-corrected chi connectivity index (χ4v) is 1.66. The van der Waals surface area contributed by atoms with Gasteiger partial charge < -0.3 is 0 Å². The average Bonchev–Trinajstić information content (AvgIpc) is 2.72. The Kier molecular flexibility index (Phi) is 4.19. The topological polar surface area (TPSA) is 88.6 Å². The van der Waals surface area contributed by atoms with Gasteiger partial charge in [-0.3, -0.25) is 29.1 Å². The van der Waals surface area contributed by atoms with Crippen LogP contribution in [0.15, 0.2) is 24.5 Å². The van der Waals surface area contributed by atoms with Crippen LogP contribution in [0.2, 0.25) is 0 Å². The summed E-state index contributed by atoms with van der Waals surface area (Å²) in [5.74, 6) is -1.19. The molecule has 1 fully saturated rings. The van der Waals surface area contributed by atoms with Gasteiger partial charge in [-0.1, -0.05) is 6.07 Å². The standard InChI is InChI=1S/C12H13N3O4/c16-10(7-15-11(17)3-4-12(15)18)14-19-8-9-2-1-5-13-6-9/h1-2,5-6H,3-4,7-8H2,(H,14,16). The van der Waals surface area contributed by atoms with Crippen molar-refractivity contribution in [1.82, 2.24) is 15.4 Å². The van der Waals surface area contributed by atoms with Gasteiger partial charge in [0, 0.05) is 25.2 Å². The monoisotopic (exact) mass is 263 g/mol. The van der Waals surface area contributed by atoms with Gasteiger partial charge in [0.1, 0.15) is 13.2 Å². The van der Waals surface area contributed by atoms with Gasteiger partial charge in [0.05, 0.1) is 0 Å². The highest BCUT2D eigenvalue weighted by molar-refractivity contribution is 6.04. The Labute approximate surface area is 109 Å². The predicted molar refractivity (Wildman–Crippen MR) is 63.1 cm³/mol. The Bertz CT molecular complexity index is 473. The first-order valence-corrected chi connectivity index (χ1v) is 5.79. The third kappa shape index (κ3) is 3.59. The summed E-state index contributed by atoms with van der Waals surface area (Å²) in [6, 6.07) is 3.55. The average molecular weight is 263 g/mol. The lowest BCUT2D eigenvalue weighted by Crippen LogP contribution is -2.39. The van der Waals surface area contributed by atoms with Crippen molar-refractivity contribution < 1.29 is 19.2 Å². The first kappa shape index (κ1) is 13.2. The lowest BCUT2D eigenvalue weighted by molar-refractivity contribution is -0.146. The fourth-order valence-electron chi connectivity index (χ4n) is 1.66. The van der Waals surface area contributed by atoms with Gasteiger partial charge in [-0.15, -0.1) is 0 Å². The molecule has 1 saturated heterocycles. The Hall–Kier alpha value is -2.28. The number of imide groups is 1. The molecule has 1 aromatic heterocycles. The number of carbonyl (C=O) groups is 3. The normalized spacial score (nSPS) is 14.8. The maximum atomic E-state index is 11.5. The van der Waals surface area contributed by atoms with E-state index in [1.54, 1.807) is 24.5 Å². The molecular weight excluding hydrogens is 250 g/mol. The second kappa shape index (κ2) is 6.05. The zero-order chi connectivity index (χ0) is 13.7. The van der Waals surface area contributed by atoms with Crippen LogP contribution in [0.25, 0.3) is 0 Å². The van der Waals surface area contributed by atoms with Crippen LogP contribution in [0.1, 0.15) is 18.4 Å². The third-order valence-electron chi connectivity index (χ3n) is 2.60. The molecule has 0 aromatic carbocycles. The van der Waals surface area contributed by atoms with E-state index in [0.29, 0.717) is 0 Å². The van der Waals surface area contributed by atoms with Gasteiger partial charge in [-0.05, 0) is 11.6 Å². The van der Waals surface area contributed by atoms with Crippen molar-refractivity contribution in [2.75, 3.05) is 6.54 Å². The van der Waals surface area contributed by atoms with Crippen molar-refractivity contribution in [2.24, 2.45) is 0 Å². The van der Waals surface area contributed by atoms with E-state index in [4.69, 9.17) is 4.84 Å². The smallest absolute Gasteiger partial charge is 0.263 e. The number of likely N-dealkylation sites (tertiary alicyclic amines) is 1. The van der Waals surface area contributed by atoms with Gasteiger partial charge in [0.15, 0.2) is 0 Å². The Morgan fingerprint density at radius 1 is 1.37 bits per heavy atom. The third-order valence-corrected chi connectivity index (χ3v) is 2.60. The molecule has 0 aliphatic carbocycles. The van der Waals surface area contributed by atoms with Crippen molar-refractivity contribution in [2.45, 2.75) is 19.4 Å². The molecule has 2 rings (SSSR count). The van der Waals surface area contributed by atoms with Gasteiger partial charge >= 0.3 is 0 Å². The molecule has 0 saturated carbocycles. The summed E-state index contributed by atoms with van der Waals surface area (Å²) in [6.07, 6.45) is 3.58. The second-order valence-electron chi connectivity index (χ2n) is 4.05. The van der Waals surface area contributed by atoms with Gasteiger partial charge in [0.25, 0.3) is 5.91 Å². The summed E-state index contributed by atoms with van der Waals surface area (Å²) in [5, 5.41) is 0. The second-order valence-corrected chi connectivity index (χ2v) is 4.05. The molecule has 1 aliphatic rings. The minimum atomic E-state index is -0.535. The van der Waals surface area contributed by atoms with E-state index >= 15 is 0 Å². The van der Waals surface area contributed by atoms with Gasteiger partial charge in [-0.2, -0.15) is 0 Å². The maximum Gasteiger partial charge on any atom is 0.263 e. The minimum absolute atomic E-state index is 0.168. The predicted octanol–water partition coefficient (Wildman–Crippen LogP) is -0.222. The quantitative estimate of drug-likeness (QED) is 0.586. The molecule has 0 atom stereocenters. The number of carbonyl (C=O) groups excluding carboxylic acids is 3. The molecule has 1 aliphatic heterocycles. The number of hydroxylamine groups is 1. The van der Waals surface area contributed by atoms with Crippen molar-refractivity contribution in [3.05, 3.63) is 30.1 Å². The molecule has 7 nitrogen and oxygen atoms in total. The van der Waals surface area contributed by atoms with Crippen LogP contribution in [0.3, 0.4) is 0 Å². The molecule has 19 heavy (non-hydrogen) atoms. The van der Waals surface area contributed by atoms with Crippen molar-refractivity contribution in [3.63, 3.8) is 0 Å². The van der Waals surface area contributed by atoms with E-state index in [0.717, 1.165) is 10.5 Å². The van der Waals surface area contributed by atoms with Crippen LogP contribution >= 0.6 is 0 Å². The van der Waals surface area contributed by atoms with Gasteiger partial charge in [-0.25, -0.2) is 5.48 Å². The van der Waals surface area contributed by atoms with Crippen molar-refractivity contribution in [3.8, 4) is 0 Å². The van der Waals surface area contributed by atoms with E-state index in [1.165, 1.54) is 0 Å². The van der Waals surface area contributed by atoms with E-state index in [1.807, 2.05) is 0 Å². The van der Waals surface area contributed by atoms with Crippen LogP contribution in [0.5, 0.6) is 0 Å². The van der Waals surface area contributed by atoms with E-state index < -0.39 is 5.91 Å². The van der Waals surface area contributed by atoms with E-state index in [-0.39, 0.29) is 37.8 Å². The number of hydrogen-bond acceptors (Lipinski definition) is 5. The molecule has 7 heteroatoms. The molecular formula is C12H13N3O4. The number of amides is 3. The lowest BCUT2D eigenvalue weighted by atomic mass is 10.3. The number of nitrogens with one attached hydrogen (secondary N) is 1. The number of nitrogens with zero attached hydrogens (tertiary/aromatic N) is 2. The van der Waals surface area contributed by atoms with E-state index in [9.17, 15) is 14.4 Å². The summed E-state index contributed by atoms with van der Waals surface area (Å²) < 4.78 is 0. The lowest BCUT2D eigenvalue weighted by Gasteiger charge is -2.13. The highest BCUT2D eigenvalue weighted by atomic mass is 16.6. The summed E-state index contributed by atoms with van der Waals surface area (Å²) in [4.78, 5) is 43.9. The van der Waals surface area contributed by atoms with Crippen molar-refractivity contribution >= 4 is 17.7 Å². The number of aromatic nitrogens is 1. The highest BCUT2D eigenvalue weighted by Crippen LogP contribution is 2.10.